The minimum atomic E-state index is -1.29. The number of carbonyl (C=O) groups excluding carboxylic acids is 2. The van der Waals surface area contributed by atoms with Gasteiger partial charge in [0.2, 0.25) is 5.91 Å². The number of carboxylic acid groups (broad SMARTS) is 1. The zero-order valence-electron chi connectivity index (χ0n) is 19.9. The maximum Gasteiger partial charge on any atom is 0.410 e. The van der Waals surface area contributed by atoms with Crippen molar-refractivity contribution in [1.82, 2.24) is 10.2 Å². The van der Waals surface area contributed by atoms with Crippen molar-refractivity contribution < 1.29 is 29.0 Å². The molecule has 8 nitrogen and oxygen atoms in total. The molecule has 36 heavy (non-hydrogen) atoms. The summed E-state index contributed by atoms with van der Waals surface area (Å²) in [5.74, 6) is -1.87. The number of aliphatic carboxylic acids is 1. The number of benzene rings is 3. The molecule has 3 aromatic rings. The zero-order chi connectivity index (χ0) is 25.5. The Labute approximate surface area is 209 Å². The highest BCUT2D eigenvalue weighted by Gasteiger charge is 2.32. The van der Waals surface area contributed by atoms with Gasteiger partial charge >= 0.3 is 12.1 Å². The lowest BCUT2D eigenvalue weighted by Gasteiger charge is -2.25. The highest BCUT2D eigenvalue weighted by molar-refractivity contribution is 5.83. The van der Waals surface area contributed by atoms with E-state index in [1.807, 2.05) is 78.9 Å². The van der Waals surface area contributed by atoms with Crippen LogP contribution in [-0.4, -0.2) is 60.8 Å². The van der Waals surface area contributed by atoms with E-state index in [9.17, 15) is 19.5 Å². The van der Waals surface area contributed by atoms with Gasteiger partial charge in [-0.3, -0.25) is 9.69 Å². The SMILES string of the molecule is CN(C(=O)OCC1c2ccccc2-c2ccccc21)[C@@H](CNC(=O)COCc1ccccc1)C(=O)O. The lowest BCUT2D eigenvalue weighted by Crippen LogP contribution is -2.50. The van der Waals surface area contributed by atoms with Gasteiger partial charge in [-0.2, -0.15) is 0 Å². The number of ether oxygens (including phenoxy) is 2. The lowest BCUT2D eigenvalue weighted by molar-refractivity contribution is -0.142. The molecule has 0 fully saturated rings. The van der Waals surface area contributed by atoms with Crippen molar-refractivity contribution in [2.24, 2.45) is 0 Å². The van der Waals surface area contributed by atoms with Gasteiger partial charge in [-0.15, -0.1) is 0 Å². The number of nitrogens with one attached hydrogen (secondary N) is 1. The molecule has 0 saturated heterocycles. The largest absolute Gasteiger partial charge is 0.480 e. The van der Waals surface area contributed by atoms with Crippen molar-refractivity contribution in [3.05, 3.63) is 95.6 Å². The Balaban J connectivity index is 1.30. The molecule has 1 aliphatic carbocycles. The third-order valence-electron chi connectivity index (χ3n) is 6.21. The van der Waals surface area contributed by atoms with E-state index < -0.39 is 24.0 Å². The molecule has 4 rings (SSSR count). The normalized spacial score (nSPS) is 12.8. The fraction of sp³-hybridized carbons (Fsp3) is 0.250. The van der Waals surface area contributed by atoms with Gasteiger partial charge in [0.05, 0.1) is 6.61 Å². The maximum absolute atomic E-state index is 12.7. The standard InChI is InChI=1S/C28H28N2O6/c1-30(25(27(32)33)15-29-26(31)18-35-16-19-9-3-2-4-10-19)28(34)36-17-24-22-13-7-5-11-20(22)21-12-6-8-14-23(21)24/h2-14,24-25H,15-18H2,1H3,(H,29,31)(H,32,33)/t25-/m0/s1. The summed E-state index contributed by atoms with van der Waals surface area (Å²) < 4.78 is 10.9. The van der Waals surface area contributed by atoms with E-state index >= 15 is 0 Å². The number of carboxylic acids is 1. The fourth-order valence-corrected chi connectivity index (χ4v) is 4.31. The van der Waals surface area contributed by atoms with E-state index in [4.69, 9.17) is 9.47 Å². The minimum absolute atomic E-state index is 0.0726. The van der Waals surface area contributed by atoms with E-state index in [1.54, 1.807) is 0 Å². The van der Waals surface area contributed by atoms with Gasteiger partial charge < -0.3 is 19.9 Å². The third kappa shape index (κ3) is 5.72. The molecule has 0 spiro atoms. The fourth-order valence-electron chi connectivity index (χ4n) is 4.31. The maximum atomic E-state index is 12.7. The number of fused-ring (bicyclic) bond motifs is 3. The summed E-state index contributed by atoms with van der Waals surface area (Å²) in [5, 5.41) is 12.2. The first-order chi connectivity index (χ1) is 17.5. The van der Waals surface area contributed by atoms with Crippen LogP contribution in [-0.2, 0) is 25.7 Å². The summed E-state index contributed by atoms with van der Waals surface area (Å²) in [4.78, 5) is 37.7. The second kappa shape index (κ2) is 11.5. The molecule has 1 atom stereocenters. The Kier molecular flexibility index (Phi) is 7.97. The molecule has 2 N–H and O–H groups in total. The van der Waals surface area contributed by atoms with Crippen LogP contribution in [0.15, 0.2) is 78.9 Å². The van der Waals surface area contributed by atoms with Gasteiger partial charge in [0.1, 0.15) is 19.3 Å². The quantitative estimate of drug-likeness (QED) is 0.451. The summed E-state index contributed by atoms with van der Waals surface area (Å²) >= 11 is 0. The molecule has 3 aromatic carbocycles. The van der Waals surface area contributed by atoms with Crippen LogP contribution >= 0.6 is 0 Å². The molecule has 0 heterocycles. The highest BCUT2D eigenvalue weighted by Crippen LogP contribution is 2.44. The van der Waals surface area contributed by atoms with Crippen molar-refractivity contribution in [2.45, 2.75) is 18.6 Å². The predicted octanol–water partition coefficient (Wildman–Crippen LogP) is 3.65. The van der Waals surface area contributed by atoms with Crippen molar-refractivity contribution in [1.29, 1.82) is 0 Å². The van der Waals surface area contributed by atoms with Gasteiger partial charge in [0.15, 0.2) is 0 Å². The second-order valence-corrected chi connectivity index (χ2v) is 8.55. The molecular formula is C28H28N2O6. The summed E-state index contributed by atoms with van der Waals surface area (Å²) in [6, 6.07) is 24.0. The number of hydrogen-bond acceptors (Lipinski definition) is 5. The third-order valence-corrected chi connectivity index (χ3v) is 6.21. The predicted molar refractivity (Wildman–Crippen MR) is 133 cm³/mol. The van der Waals surface area contributed by atoms with Crippen LogP contribution in [0.25, 0.3) is 11.1 Å². The highest BCUT2D eigenvalue weighted by atomic mass is 16.6. The van der Waals surface area contributed by atoms with E-state index in [2.05, 4.69) is 5.32 Å². The average molecular weight is 489 g/mol. The molecule has 0 unspecified atom stereocenters. The Morgan fingerprint density at radius 1 is 0.917 bits per heavy atom. The Morgan fingerprint density at radius 2 is 1.50 bits per heavy atom. The number of nitrogens with zero attached hydrogens (tertiary/aromatic N) is 1. The first-order valence-electron chi connectivity index (χ1n) is 11.6. The van der Waals surface area contributed by atoms with Crippen LogP contribution in [0.4, 0.5) is 4.79 Å². The summed E-state index contributed by atoms with van der Waals surface area (Å²) in [7, 11) is 1.34. The van der Waals surface area contributed by atoms with Crippen LogP contribution in [0.1, 0.15) is 22.6 Å². The Bertz CT molecular complexity index is 1180. The van der Waals surface area contributed by atoms with Gasteiger partial charge in [-0.05, 0) is 27.8 Å². The number of rotatable bonds is 10. The molecule has 0 aliphatic heterocycles. The van der Waals surface area contributed by atoms with Crippen molar-refractivity contribution in [3.8, 4) is 11.1 Å². The molecule has 0 saturated carbocycles. The Hall–Kier alpha value is -4.17. The van der Waals surface area contributed by atoms with Crippen molar-refractivity contribution in [3.63, 3.8) is 0 Å². The number of carbonyl (C=O) groups is 3. The topological polar surface area (TPSA) is 105 Å². The van der Waals surface area contributed by atoms with Crippen LogP contribution < -0.4 is 5.32 Å². The van der Waals surface area contributed by atoms with Crippen LogP contribution in [0, 0.1) is 0 Å². The van der Waals surface area contributed by atoms with Crippen molar-refractivity contribution >= 4 is 18.0 Å². The summed E-state index contributed by atoms with van der Waals surface area (Å²) in [6.07, 6.45) is -0.779. The monoisotopic (exact) mass is 488 g/mol. The molecular weight excluding hydrogens is 460 g/mol. The van der Waals surface area contributed by atoms with Gasteiger partial charge in [0, 0.05) is 19.5 Å². The zero-order valence-corrected chi connectivity index (χ0v) is 19.9. The first kappa shape index (κ1) is 24.9. The molecule has 2 amide bonds. The molecule has 8 heteroatoms. The summed E-state index contributed by atoms with van der Waals surface area (Å²) in [6.45, 7) is -0.168. The molecule has 0 bridgehead atoms. The van der Waals surface area contributed by atoms with E-state index in [1.165, 1.54) is 7.05 Å². The molecule has 0 aromatic heterocycles. The number of hydrogen-bond donors (Lipinski definition) is 2. The summed E-state index contributed by atoms with van der Waals surface area (Å²) in [5.41, 5.74) is 5.24. The van der Waals surface area contributed by atoms with E-state index in [0.29, 0.717) is 0 Å². The lowest BCUT2D eigenvalue weighted by atomic mass is 9.98. The average Bonchev–Trinajstić information content (AvgIpc) is 3.21. The Morgan fingerprint density at radius 3 is 2.11 bits per heavy atom. The smallest absolute Gasteiger partial charge is 0.410 e. The van der Waals surface area contributed by atoms with Crippen LogP contribution in [0.5, 0.6) is 0 Å². The van der Waals surface area contributed by atoms with Crippen LogP contribution in [0.3, 0.4) is 0 Å². The van der Waals surface area contributed by atoms with E-state index in [-0.39, 0.29) is 32.3 Å². The molecule has 0 radical (unpaired) electrons. The first-order valence-corrected chi connectivity index (χ1v) is 11.6. The number of amides is 2. The van der Waals surface area contributed by atoms with Crippen LogP contribution in [0.2, 0.25) is 0 Å². The number of likely N-dealkylation sites (N-methyl/N-ethyl adjacent to an activating group) is 1. The van der Waals surface area contributed by atoms with Gasteiger partial charge in [-0.1, -0.05) is 78.9 Å². The van der Waals surface area contributed by atoms with E-state index in [0.717, 1.165) is 32.7 Å². The van der Waals surface area contributed by atoms with Gasteiger partial charge in [-0.25, -0.2) is 9.59 Å². The minimum Gasteiger partial charge on any atom is -0.480 e. The van der Waals surface area contributed by atoms with Gasteiger partial charge in [0.25, 0.3) is 0 Å². The molecule has 1 aliphatic rings. The molecule has 186 valence electrons. The van der Waals surface area contributed by atoms with Crippen molar-refractivity contribution in [2.75, 3.05) is 26.8 Å². The second-order valence-electron chi connectivity index (χ2n) is 8.55.